The quantitative estimate of drug-likeness (QED) is 0.834. The van der Waals surface area contributed by atoms with Crippen molar-refractivity contribution in [3.05, 3.63) is 17.8 Å². The van der Waals surface area contributed by atoms with Gasteiger partial charge in [-0.1, -0.05) is 18.7 Å². The number of oxazole rings is 1. The van der Waals surface area contributed by atoms with Gasteiger partial charge < -0.3 is 9.73 Å². The summed E-state index contributed by atoms with van der Waals surface area (Å²) in [5.41, 5.74) is 0. The van der Waals surface area contributed by atoms with Crippen molar-refractivity contribution in [3.8, 4) is 0 Å². The number of hydrogen-bond acceptors (Lipinski definition) is 5. The molecule has 1 unspecified atom stereocenters. The lowest BCUT2D eigenvalue weighted by Gasteiger charge is -2.17. The molecule has 1 aliphatic rings. The highest BCUT2D eigenvalue weighted by Gasteiger charge is 2.12. The maximum Gasteiger partial charge on any atom is 0.213 e. The first-order valence-electron chi connectivity index (χ1n) is 5.06. The minimum Gasteiger partial charge on any atom is -0.444 e. The fourth-order valence-electron chi connectivity index (χ4n) is 1.30. The molecule has 1 aliphatic heterocycles. The molecule has 4 nitrogen and oxygen atoms in total. The van der Waals surface area contributed by atoms with Crippen molar-refractivity contribution in [3.63, 3.8) is 0 Å². The van der Waals surface area contributed by atoms with E-state index in [4.69, 9.17) is 4.42 Å². The monoisotopic (exact) mass is 225 g/mol. The third kappa shape index (κ3) is 2.99. The fourth-order valence-corrected chi connectivity index (χ4v) is 2.19. The number of aromatic nitrogens is 1. The van der Waals surface area contributed by atoms with Crippen molar-refractivity contribution < 1.29 is 4.42 Å². The van der Waals surface area contributed by atoms with E-state index >= 15 is 0 Å². The van der Waals surface area contributed by atoms with Crippen LogP contribution in [-0.2, 0) is 6.54 Å². The number of hydrogen-bond donors (Lipinski definition) is 1. The second-order valence-corrected chi connectivity index (χ2v) is 4.79. The summed E-state index contributed by atoms with van der Waals surface area (Å²) in [6.07, 6.45) is 1.73. The first kappa shape index (κ1) is 10.5. The van der Waals surface area contributed by atoms with E-state index in [1.165, 1.54) is 0 Å². The molecule has 1 atom stereocenters. The van der Waals surface area contributed by atoms with E-state index in [0.29, 0.717) is 12.5 Å². The van der Waals surface area contributed by atoms with Gasteiger partial charge in [0.2, 0.25) is 5.89 Å². The molecule has 0 spiro atoms. The Labute approximate surface area is 93.6 Å². The van der Waals surface area contributed by atoms with Gasteiger partial charge in [-0.05, 0) is 12.8 Å². The van der Waals surface area contributed by atoms with E-state index in [0.717, 1.165) is 29.1 Å². The molecule has 1 aromatic rings. The molecule has 15 heavy (non-hydrogen) atoms. The number of nitrogens with zero attached hydrogens (tertiary/aromatic N) is 2. The molecule has 0 saturated carbocycles. The van der Waals surface area contributed by atoms with Crippen LogP contribution in [0, 0.1) is 12.8 Å². The minimum absolute atomic E-state index is 0.619. The molecule has 0 aliphatic carbocycles. The normalized spacial score (nSPS) is 21.2. The van der Waals surface area contributed by atoms with Crippen LogP contribution in [0.15, 0.2) is 15.6 Å². The third-order valence-corrected chi connectivity index (χ3v) is 3.39. The molecule has 1 N–H and O–H groups in total. The largest absolute Gasteiger partial charge is 0.444 e. The molecule has 2 rings (SSSR count). The van der Waals surface area contributed by atoms with Crippen LogP contribution >= 0.6 is 11.8 Å². The summed E-state index contributed by atoms with van der Waals surface area (Å²) in [6.45, 7) is 5.64. The lowest BCUT2D eigenvalue weighted by Crippen LogP contribution is -2.25. The van der Waals surface area contributed by atoms with Crippen LogP contribution in [0.5, 0.6) is 0 Å². The molecule has 2 heterocycles. The van der Waals surface area contributed by atoms with Crippen molar-refractivity contribution >= 4 is 16.9 Å². The van der Waals surface area contributed by atoms with Crippen LogP contribution in [-0.4, -0.2) is 22.4 Å². The standard InChI is InChI=1S/C10H15N3OS/c1-7-3-12-10(15-6-7)13-5-9-11-4-8(2)14-9/h4,7H,3,5-6H2,1-2H3,(H,12,13). The van der Waals surface area contributed by atoms with E-state index in [9.17, 15) is 0 Å². The van der Waals surface area contributed by atoms with E-state index in [1.807, 2.05) is 6.92 Å². The van der Waals surface area contributed by atoms with Gasteiger partial charge in [-0.25, -0.2) is 4.98 Å². The van der Waals surface area contributed by atoms with Gasteiger partial charge in [-0.15, -0.1) is 0 Å². The first-order chi connectivity index (χ1) is 7.24. The number of thioether (sulfide) groups is 1. The Morgan fingerprint density at radius 1 is 1.67 bits per heavy atom. The van der Waals surface area contributed by atoms with Crippen LogP contribution in [0.2, 0.25) is 0 Å². The number of aliphatic imine (C=N–C) groups is 1. The van der Waals surface area contributed by atoms with Crippen molar-refractivity contribution in [1.82, 2.24) is 10.3 Å². The predicted octanol–water partition coefficient (Wildman–Crippen LogP) is 1.81. The minimum atomic E-state index is 0.619. The summed E-state index contributed by atoms with van der Waals surface area (Å²) < 4.78 is 5.36. The van der Waals surface area contributed by atoms with Gasteiger partial charge in [-0.2, -0.15) is 0 Å². The van der Waals surface area contributed by atoms with Crippen LogP contribution in [0.1, 0.15) is 18.6 Å². The molecule has 1 aromatic heterocycles. The Morgan fingerprint density at radius 3 is 3.13 bits per heavy atom. The Kier molecular flexibility index (Phi) is 3.30. The number of rotatable bonds is 2. The number of aryl methyl sites for hydroxylation is 1. The van der Waals surface area contributed by atoms with E-state index in [1.54, 1.807) is 18.0 Å². The number of nitrogens with one attached hydrogen (secondary N) is 1. The summed E-state index contributed by atoms with van der Waals surface area (Å²) in [5, 5.41) is 4.23. The Morgan fingerprint density at radius 2 is 2.53 bits per heavy atom. The molecule has 0 radical (unpaired) electrons. The summed E-state index contributed by atoms with van der Waals surface area (Å²) in [4.78, 5) is 8.55. The van der Waals surface area contributed by atoms with Gasteiger partial charge in [0.15, 0.2) is 5.17 Å². The highest BCUT2D eigenvalue weighted by Crippen LogP contribution is 2.15. The zero-order valence-corrected chi connectivity index (χ0v) is 9.80. The second-order valence-electron chi connectivity index (χ2n) is 3.78. The summed E-state index contributed by atoms with van der Waals surface area (Å²) in [5.74, 6) is 3.38. The van der Waals surface area contributed by atoms with Crippen molar-refractivity contribution in [2.24, 2.45) is 10.9 Å². The van der Waals surface area contributed by atoms with Crippen LogP contribution in [0.25, 0.3) is 0 Å². The molecular formula is C10H15N3OS. The van der Waals surface area contributed by atoms with Crippen LogP contribution < -0.4 is 5.32 Å². The Balaban J connectivity index is 1.83. The predicted molar refractivity (Wildman–Crippen MR) is 62.0 cm³/mol. The van der Waals surface area contributed by atoms with Crippen molar-refractivity contribution in [2.75, 3.05) is 12.3 Å². The Hall–Kier alpha value is -0.970. The maximum atomic E-state index is 5.36. The number of amidine groups is 1. The first-order valence-corrected chi connectivity index (χ1v) is 6.05. The van der Waals surface area contributed by atoms with Crippen LogP contribution in [0.4, 0.5) is 0 Å². The summed E-state index contributed by atoms with van der Waals surface area (Å²) in [7, 11) is 0. The van der Waals surface area contributed by atoms with Gasteiger partial charge in [0.1, 0.15) is 5.76 Å². The molecule has 0 fully saturated rings. The Bertz CT molecular complexity index is 361. The third-order valence-electron chi connectivity index (χ3n) is 2.11. The second kappa shape index (κ2) is 4.70. The molecular weight excluding hydrogens is 210 g/mol. The highest BCUT2D eigenvalue weighted by molar-refractivity contribution is 8.13. The zero-order valence-electron chi connectivity index (χ0n) is 8.99. The molecule has 0 amide bonds. The van der Waals surface area contributed by atoms with E-state index < -0.39 is 0 Å². The fraction of sp³-hybridized carbons (Fsp3) is 0.600. The van der Waals surface area contributed by atoms with Crippen LogP contribution in [0.3, 0.4) is 0 Å². The van der Waals surface area contributed by atoms with E-state index in [2.05, 4.69) is 22.2 Å². The van der Waals surface area contributed by atoms with Crippen molar-refractivity contribution in [2.45, 2.75) is 20.4 Å². The van der Waals surface area contributed by atoms with E-state index in [-0.39, 0.29) is 0 Å². The smallest absolute Gasteiger partial charge is 0.213 e. The average molecular weight is 225 g/mol. The van der Waals surface area contributed by atoms with Gasteiger partial charge in [0.25, 0.3) is 0 Å². The topological polar surface area (TPSA) is 50.4 Å². The van der Waals surface area contributed by atoms with Gasteiger partial charge in [-0.3, -0.25) is 4.99 Å². The average Bonchev–Trinajstić information content (AvgIpc) is 2.64. The van der Waals surface area contributed by atoms with Gasteiger partial charge in [0, 0.05) is 12.3 Å². The SMILES string of the molecule is Cc1cnc(CNC2=NCC(C)CS2)o1. The highest BCUT2D eigenvalue weighted by atomic mass is 32.2. The summed E-state index contributed by atoms with van der Waals surface area (Å²) >= 11 is 1.77. The van der Waals surface area contributed by atoms with Crippen molar-refractivity contribution in [1.29, 1.82) is 0 Å². The van der Waals surface area contributed by atoms with Gasteiger partial charge in [0.05, 0.1) is 12.7 Å². The summed E-state index contributed by atoms with van der Waals surface area (Å²) in [6, 6.07) is 0. The molecule has 0 saturated heterocycles. The molecule has 0 aromatic carbocycles. The lowest BCUT2D eigenvalue weighted by molar-refractivity contribution is 0.466. The van der Waals surface area contributed by atoms with Gasteiger partial charge >= 0.3 is 0 Å². The molecule has 82 valence electrons. The zero-order chi connectivity index (χ0) is 10.7. The lowest BCUT2D eigenvalue weighted by atomic mass is 10.2. The maximum absolute atomic E-state index is 5.36. The molecule has 5 heteroatoms. The molecule has 0 bridgehead atoms.